The second kappa shape index (κ2) is 7.09. The van der Waals surface area contributed by atoms with Gasteiger partial charge in [0, 0.05) is 28.9 Å². The van der Waals surface area contributed by atoms with E-state index in [0.29, 0.717) is 12.0 Å². The average Bonchev–Trinajstić information content (AvgIpc) is 2.57. The molecule has 2 aromatic rings. The minimum absolute atomic E-state index is 0.601. The quantitative estimate of drug-likeness (QED) is 0.853. The van der Waals surface area contributed by atoms with Crippen molar-refractivity contribution in [3.05, 3.63) is 41.0 Å². The van der Waals surface area contributed by atoms with Crippen molar-refractivity contribution >= 4 is 33.4 Å². The van der Waals surface area contributed by atoms with Crippen LogP contribution in [0.4, 0.5) is 17.5 Å². The molecule has 2 heterocycles. The van der Waals surface area contributed by atoms with E-state index >= 15 is 0 Å². The zero-order valence-corrected chi connectivity index (χ0v) is 14.4. The van der Waals surface area contributed by atoms with Crippen molar-refractivity contribution in [2.45, 2.75) is 38.6 Å². The Morgan fingerprint density at radius 1 is 1.23 bits per heavy atom. The number of anilines is 3. The third-order valence-electron chi connectivity index (χ3n) is 4.13. The van der Waals surface area contributed by atoms with Crippen LogP contribution in [0.2, 0.25) is 0 Å². The van der Waals surface area contributed by atoms with Crippen LogP contribution in [0, 0.1) is 0 Å². The molecule has 0 bridgehead atoms. The molecule has 1 fully saturated rings. The number of nitrogens with zero attached hydrogens (tertiary/aromatic N) is 3. The largest absolute Gasteiger partial charge is 0.353 e. The lowest BCUT2D eigenvalue weighted by Crippen LogP contribution is -2.39. The Morgan fingerprint density at radius 3 is 2.82 bits per heavy atom. The fourth-order valence-corrected chi connectivity index (χ4v) is 3.22. The fourth-order valence-electron chi connectivity index (χ4n) is 2.96. The van der Waals surface area contributed by atoms with Crippen LogP contribution in [0.5, 0.6) is 0 Å². The van der Waals surface area contributed by atoms with Crippen molar-refractivity contribution in [1.29, 1.82) is 0 Å². The highest BCUT2D eigenvalue weighted by Gasteiger charge is 2.22. The van der Waals surface area contributed by atoms with E-state index in [9.17, 15) is 0 Å². The second-order valence-corrected chi connectivity index (χ2v) is 6.54. The van der Waals surface area contributed by atoms with E-state index < -0.39 is 0 Å². The fraction of sp³-hybridized carbons (Fsp3) is 0.412. The first-order chi connectivity index (χ1) is 10.8. The molecular weight excluding hydrogens is 340 g/mol. The van der Waals surface area contributed by atoms with Crippen LogP contribution >= 0.6 is 15.9 Å². The van der Waals surface area contributed by atoms with Crippen molar-refractivity contribution in [2.24, 2.45) is 0 Å². The van der Waals surface area contributed by atoms with Crippen LogP contribution < -0.4 is 10.2 Å². The molecular formula is C17H21BrN4. The van der Waals surface area contributed by atoms with Gasteiger partial charge in [0.1, 0.15) is 5.82 Å². The minimum atomic E-state index is 0.601. The molecule has 4 nitrogen and oxygen atoms in total. The van der Waals surface area contributed by atoms with E-state index in [1.165, 1.54) is 25.7 Å². The van der Waals surface area contributed by atoms with Crippen LogP contribution in [0.3, 0.4) is 0 Å². The predicted octanol–water partition coefficient (Wildman–Crippen LogP) is 4.75. The molecule has 1 unspecified atom stereocenters. The molecule has 1 saturated heterocycles. The standard InChI is InChI=1S/C17H21BrN4/c1-2-15-5-3-4-12-22(15)16-10-11-19-17(21-16)20-14-8-6-13(18)7-9-14/h6-11,15H,2-5,12H2,1H3,(H,19,20,21). The lowest BCUT2D eigenvalue weighted by atomic mass is 10.0. The summed E-state index contributed by atoms with van der Waals surface area (Å²) >= 11 is 3.44. The summed E-state index contributed by atoms with van der Waals surface area (Å²) in [5.74, 6) is 1.68. The summed E-state index contributed by atoms with van der Waals surface area (Å²) in [6.07, 6.45) is 6.83. The third-order valence-corrected chi connectivity index (χ3v) is 4.66. The Balaban J connectivity index is 1.78. The van der Waals surface area contributed by atoms with Crippen molar-refractivity contribution in [1.82, 2.24) is 9.97 Å². The molecule has 0 spiro atoms. The van der Waals surface area contributed by atoms with Crippen LogP contribution in [0.25, 0.3) is 0 Å². The summed E-state index contributed by atoms with van der Waals surface area (Å²) < 4.78 is 1.06. The van der Waals surface area contributed by atoms with Crippen molar-refractivity contribution in [3.63, 3.8) is 0 Å². The zero-order valence-electron chi connectivity index (χ0n) is 12.8. The molecule has 3 rings (SSSR count). The first kappa shape index (κ1) is 15.3. The summed E-state index contributed by atoms with van der Waals surface area (Å²) in [5.41, 5.74) is 0.992. The van der Waals surface area contributed by atoms with Gasteiger partial charge in [0.2, 0.25) is 5.95 Å². The van der Waals surface area contributed by atoms with Gasteiger partial charge in [-0.2, -0.15) is 4.98 Å². The van der Waals surface area contributed by atoms with Crippen LogP contribution in [-0.4, -0.2) is 22.6 Å². The SMILES string of the molecule is CCC1CCCCN1c1ccnc(Nc2ccc(Br)cc2)n1. The molecule has 0 radical (unpaired) electrons. The maximum atomic E-state index is 4.70. The third kappa shape index (κ3) is 3.58. The lowest BCUT2D eigenvalue weighted by Gasteiger charge is -2.36. The molecule has 0 saturated carbocycles. The van der Waals surface area contributed by atoms with Gasteiger partial charge in [0.25, 0.3) is 0 Å². The number of hydrogen-bond donors (Lipinski definition) is 1. The molecule has 116 valence electrons. The van der Waals surface area contributed by atoms with Crippen LogP contribution in [0.1, 0.15) is 32.6 Å². The van der Waals surface area contributed by atoms with Gasteiger partial charge in [-0.25, -0.2) is 4.98 Å². The molecule has 1 atom stereocenters. The van der Waals surface area contributed by atoms with Crippen molar-refractivity contribution in [3.8, 4) is 0 Å². The normalized spacial score (nSPS) is 18.3. The van der Waals surface area contributed by atoms with Crippen molar-refractivity contribution in [2.75, 3.05) is 16.8 Å². The number of aromatic nitrogens is 2. The Morgan fingerprint density at radius 2 is 2.05 bits per heavy atom. The van der Waals surface area contributed by atoms with Gasteiger partial charge < -0.3 is 10.2 Å². The molecule has 1 aliphatic rings. The molecule has 0 amide bonds. The van der Waals surface area contributed by atoms with E-state index in [4.69, 9.17) is 4.98 Å². The maximum Gasteiger partial charge on any atom is 0.229 e. The van der Waals surface area contributed by atoms with Gasteiger partial charge in [0.05, 0.1) is 0 Å². The molecule has 0 aliphatic carbocycles. The Hall–Kier alpha value is -1.62. The Labute approximate surface area is 140 Å². The Kier molecular flexibility index (Phi) is 4.93. The lowest BCUT2D eigenvalue weighted by molar-refractivity contribution is 0.447. The van der Waals surface area contributed by atoms with Crippen molar-refractivity contribution < 1.29 is 0 Å². The van der Waals surface area contributed by atoms with Gasteiger partial charge >= 0.3 is 0 Å². The summed E-state index contributed by atoms with van der Waals surface area (Å²) in [6, 6.07) is 10.6. The number of benzene rings is 1. The van der Waals surface area contributed by atoms with E-state index in [1.807, 2.05) is 36.5 Å². The van der Waals surface area contributed by atoms with E-state index in [2.05, 4.69) is 38.1 Å². The van der Waals surface area contributed by atoms with Gasteiger partial charge in [-0.05, 0) is 56.0 Å². The number of hydrogen-bond acceptors (Lipinski definition) is 4. The van der Waals surface area contributed by atoms with E-state index in [-0.39, 0.29) is 0 Å². The predicted molar refractivity (Wildman–Crippen MR) is 94.7 cm³/mol. The molecule has 1 aromatic heterocycles. The summed E-state index contributed by atoms with van der Waals surface area (Å²) in [4.78, 5) is 11.5. The highest BCUT2D eigenvalue weighted by Crippen LogP contribution is 2.26. The number of halogens is 1. The summed E-state index contributed by atoms with van der Waals surface area (Å²) in [5, 5.41) is 3.27. The first-order valence-corrected chi connectivity index (χ1v) is 8.68. The summed E-state index contributed by atoms with van der Waals surface area (Å²) in [7, 11) is 0. The summed E-state index contributed by atoms with van der Waals surface area (Å²) in [6.45, 7) is 3.35. The minimum Gasteiger partial charge on any atom is -0.353 e. The van der Waals surface area contributed by atoms with E-state index in [0.717, 1.165) is 22.5 Å². The molecule has 1 N–H and O–H groups in total. The Bertz CT molecular complexity index is 614. The first-order valence-electron chi connectivity index (χ1n) is 7.88. The molecule has 22 heavy (non-hydrogen) atoms. The topological polar surface area (TPSA) is 41.1 Å². The van der Waals surface area contributed by atoms with E-state index in [1.54, 1.807) is 0 Å². The smallest absolute Gasteiger partial charge is 0.229 e. The highest BCUT2D eigenvalue weighted by molar-refractivity contribution is 9.10. The molecule has 1 aliphatic heterocycles. The van der Waals surface area contributed by atoms with Gasteiger partial charge in [0.15, 0.2) is 0 Å². The highest BCUT2D eigenvalue weighted by atomic mass is 79.9. The number of piperidine rings is 1. The number of rotatable bonds is 4. The average molecular weight is 361 g/mol. The van der Waals surface area contributed by atoms with Gasteiger partial charge in [-0.1, -0.05) is 22.9 Å². The molecule has 1 aromatic carbocycles. The second-order valence-electron chi connectivity index (χ2n) is 5.62. The van der Waals surface area contributed by atoms with Crippen LogP contribution in [0.15, 0.2) is 41.0 Å². The van der Waals surface area contributed by atoms with Crippen LogP contribution in [-0.2, 0) is 0 Å². The van der Waals surface area contributed by atoms with Gasteiger partial charge in [-0.3, -0.25) is 0 Å². The maximum absolute atomic E-state index is 4.70. The monoisotopic (exact) mass is 360 g/mol. The molecule has 5 heteroatoms. The zero-order chi connectivity index (χ0) is 15.4. The number of nitrogens with one attached hydrogen (secondary N) is 1. The van der Waals surface area contributed by atoms with Gasteiger partial charge in [-0.15, -0.1) is 0 Å².